The van der Waals surface area contributed by atoms with E-state index in [2.05, 4.69) is 56.9 Å². The topological polar surface area (TPSA) is 33.1 Å². The van der Waals surface area contributed by atoms with E-state index in [-0.39, 0.29) is 0 Å². The molecule has 0 saturated heterocycles. The number of nitrogens with one attached hydrogen (secondary N) is 1. The minimum absolute atomic E-state index is 0.646. The fourth-order valence-corrected chi connectivity index (χ4v) is 3.77. The van der Waals surface area contributed by atoms with Crippen molar-refractivity contribution in [3.05, 3.63) is 16.4 Å². The lowest BCUT2D eigenvalue weighted by atomic mass is 9.92. The molecule has 1 fully saturated rings. The van der Waals surface area contributed by atoms with Gasteiger partial charge in [0.15, 0.2) is 0 Å². The van der Waals surface area contributed by atoms with Crippen LogP contribution in [0.3, 0.4) is 0 Å². The van der Waals surface area contributed by atoms with Crippen molar-refractivity contribution in [3.63, 3.8) is 0 Å². The molecule has 2 atom stereocenters. The van der Waals surface area contributed by atoms with Gasteiger partial charge in [-0.25, -0.2) is 0 Å². The number of aromatic nitrogens is 2. The van der Waals surface area contributed by atoms with Crippen LogP contribution in [0, 0.1) is 5.92 Å². The molecule has 1 N–H and O–H groups in total. The molecule has 1 aliphatic rings. The SMILES string of the molecule is CCNCC1CCCC1c1c(Br)cnn1CCN(C)C. The molecule has 1 saturated carbocycles. The molecule has 2 rings (SSSR count). The largest absolute Gasteiger partial charge is 0.317 e. The van der Waals surface area contributed by atoms with Crippen LogP contribution in [0.5, 0.6) is 0 Å². The van der Waals surface area contributed by atoms with Crippen molar-refractivity contribution in [3.8, 4) is 0 Å². The van der Waals surface area contributed by atoms with Gasteiger partial charge < -0.3 is 10.2 Å². The number of likely N-dealkylation sites (N-methyl/N-ethyl adjacent to an activating group) is 1. The minimum Gasteiger partial charge on any atom is -0.317 e. The molecule has 4 nitrogen and oxygen atoms in total. The fourth-order valence-electron chi connectivity index (χ4n) is 3.18. The molecule has 0 aromatic carbocycles. The Kier molecular flexibility index (Phi) is 6.05. The molecule has 5 heteroatoms. The molecule has 0 spiro atoms. The molecule has 1 aromatic heterocycles. The van der Waals surface area contributed by atoms with E-state index in [9.17, 15) is 0 Å². The van der Waals surface area contributed by atoms with E-state index in [1.165, 1.54) is 29.4 Å². The molecule has 0 radical (unpaired) electrons. The van der Waals surface area contributed by atoms with Crippen molar-refractivity contribution in [1.29, 1.82) is 0 Å². The van der Waals surface area contributed by atoms with Crippen LogP contribution in [0.1, 0.15) is 37.8 Å². The maximum absolute atomic E-state index is 4.57. The Morgan fingerprint density at radius 1 is 1.45 bits per heavy atom. The van der Waals surface area contributed by atoms with Gasteiger partial charge >= 0.3 is 0 Å². The van der Waals surface area contributed by atoms with Gasteiger partial charge in [0.05, 0.1) is 22.9 Å². The first-order chi connectivity index (χ1) is 9.63. The third kappa shape index (κ3) is 3.83. The highest BCUT2D eigenvalue weighted by Gasteiger charge is 2.32. The highest BCUT2D eigenvalue weighted by molar-refractivity contribution is 9.10. The average molecular weight is 343 g/mol. The van der Waals surface area contributed by atoms with Gasteiger partial charge in [-0.3, -0.25) is 4.68 Å². The maximum atomic E-state index is 4.57. The van der Waals surface area contributed by atoms with E-state index in [0.29, 0.717) is 5.92 Å². The summed E-state index contributed by atoms with van der Waals surface area (Å²) < 4.78 is 3.39. The van der Waals surface area contributed by atoms with Crippen LogP contribution in [0.15, 0.2) is 10.7 Å². The smallest absolute Gasteiger partial charge is 0.0635 e. The number of hydrogen-bond acceptors (Lipinski definition) is 3. The van der Waals surface area contributed by atoms with Gasteiger partial charge in [-0.15, -0.1) is 0 Å². The molecule has 114 valence electrons. The summed E-state index contributed by atoms with van der Waals surface area (Å²) in [5, 5.41) is 8.09. The highest BCUT2D eigenvalue weighted by atomic mass is 79.9. The van der Waals surface area contributed by atoms with E-state index in [4.69, 9.17) is 0 Å². The molecular formula is C15H27BrN4. The monoisotopic (exact) mass is 342 g/mol. The summed E-state index contributed by atoms with van der Waals surface area (Å²) >= 11 is 3.71. The number of hydrogen-bond donors (Lipinski definition) is 1. The third-order valence-electron chi connectivity index (χ3n) is 4.26. The van der Waals surface area contributed by atoms with Gasteiger partial charge in [0.25, 0.3) is 0 Å². The number of rotatable bonds is 7. The molecule has 0 amide bonds. The van der Waals surface area contributed by atoms with Crippen molar-refractivity contribution in [2.45, 2.75) is 38.6 Å². The Bertz CT molecular complexity index is 416. The summed E-state index contributed by atoms with van der Waals surface area (Å²) in [6.07, 6.45) is 5.94. The fraction of sp³-hybridized carbons (Fsp3) is 0.800. The number of halogens is 1. The zero-order valence-electron chi connectivity index (χ0n) is 12.9. The summed E-state index contributed by atoms with van der Waals surface area (Å²) in [4.78, 5) is 2.21. The van der Waals surface area contributed by atoms with Crippen LogP contribution in [-0.2, 0) is 6.54 Å². The van der Waals surface area contributed by atoms with Crippen molar-refractivity contribution < 1.29 is 0 Å². The van der Waals surface area contributed by atoms with Gasteiger partial charge in [-0.1, -0.05) is 13.3 Å². The van der Waals surface area contributed by atoms with E-state index in [1.54, 1.807) is 0 Å². The highest BCUT2D eigenvalue weighted by Crippen LogP contribution is 2.41. The lowest BCUT2D eigenvalue weighted by molar-refractivity contribution is 0.357. The predicted octanol–water partition coefficient (Wildman–Crippen LogP) is 2.70. The van der Waals surface area contributed by atoms with Gasteiger partial charge in [-0.2, -0.15) is 5.10 Å². The molecule has 1 aromatic rings. The lowest BCUT2D eigenvalue weighted by Crippen LogP contribution is -2.26. The Balaban J connectivity index is 2.11. The molecular weight excluding hydrogens is 316 g/mol. The minimum atomic E-state index is 0.646. The molecule has 20 heavy (non-hydrogen) atoms. The van der Waals surface area contributed by atoms with Crippen LogP contribution in [-0.4, -0.2) is 48.4 Å². The first-order valence-corrected chi connectivity index (χ1v) is 8.49. The zero-order chi connectivity index (χ0) is 14.5. The number of nitrogens with zero attached hydrogens (tertiary/aromatic N) is 3. The molecule has 0 aliphatic heterocycles. The van der Waals surface area contributed by atoms with E-state index in [0.717, 1.165) is 32.1 Å². The van der Waals surface area contributed by atoms with Crippen LogP contribution >= 0.6 is 15.9 Å². The molecule has 2 unspecified atom stereocenters. The van der Waals surface area contributed by atoms with Crippen molar-refractivity contribution in [2.24, 2.45) is 5.92 Å². The summed E-state index contributed by atoms with van der Waals surface area (Å²) in [5.41, 5.74) is 1.41. The normalized spacial score (nSPS) is 22.9. The Labute approximate surface area is 131 Å². The average Bonchev–Trinajstić information content (AvgIpc) is 3.00. The second-order valence-corrected chi connectivity index (χ2v) is 6.86. The van der Waals surface area contributed by atoms with E-state index >= 15 is 0 Å². The quantitative estimate of drug-likeness (QED) is 0.826. The molecule has 1 heterocycles. The van der Waals surface area contributed by atoms with Crippen LogP contribution < -0.4 is 5.32 Å². The van der Waals surface area contributed by atoms with Gasteiger partial charge in [0, 0.05) is 12.5 Å². The Morgan fingerprint density at radius 2 is 2.25 bits per heavy atom. The van der Waals surface area contributed by atoms with Gasteiger partial charge in [-0.05, 0) is 61.9 Å². The van der Waals surface area contributed by atoms with Gasteiger partial charge in [0.1, 0.15) is 0 Å². The molecule has 1 aliphatic carbocycles. The zero-order valence-corrected chi connectivity index (χ0v) is 14.5. The van der Waals surface area contributed by atoms with E-state index in [1.807, 2.05) is 6.20 Å². The first-order valence-electron chi connectivity index (χ1n) is 7.70. The first kappa shape index (κ1) is 16.0. The maximum Gasteiger partial charge on any atom is 0.0635 e. The van der Waals surface area contributed by atoms with Crippen LogP contribution in [0.4, 0.5) is 0 Å². The van der Waals surface area contributed by atoms with Crippen molar-refractivity contribution in [2.75, 3.05) is 33.7 Å². The summed E-state index contributed by atoms with van der Waals surface area (Å²) in [6, 6.07) is 0. The van der Waals surface area contributed by atoms with Crippen LogP contribution in [0.2, 0.25) is 0 Å². The third-order valence-corrected chi connectivity index (χ3v) is 4.87. The van der Waals surface area contributed by atoms with Crippen molar-refractivity contribution >= 4 is 15.9 Å². The molecule has 0 bridgehead atoms. The standard InChI is InChI=1S/C15H27BrN4/c1-4-17-10-12-6-5-7-13(12)15-14(16)11-18-20(15)9-8-19(2)3/h11-13,17H,4-10H2,1-3H3. The predicted molar refractivity (Wildman–Crippen MR) is 87.1 cm³/mol. The lowest BCUT2D eigenvalue weighted by Gasteiger charge is -2.22. The second kappa shape index (κ2) is 7.57. The Morgan fingerprint density at radius 3 is 2.95 bits per heavy atom. The van der Waals surface area contributed by atoms with E-state index < -0.39 is 0 Å². The van der Waals surface area contributed by atoms with Crippen LogP contribution in [0.25, 0.3) is 0 Å². The summed E-state index contributed by atoms with van der Waals surface area (Å²) in [6.45, 7) is 6.38. The second-order valence-electron chi connectivity index (χ2n) is 6.01. The Hall–Kier alpha value is -0.390. The van der Waals surface area contributed by atoms with Gasteiger partial charge in [0.2, 0.25) is 0 Å². The van der Waals surface area contributed by atoms with Crippen molar-refractivity contribution in [1.82, 2.24) is 20.0 Å². The summed E-state index contributed by atoms with van der Waals surface area (Å²) in [7, 11) is 4.23. The summed E-state index contributed by atoms with van der Waals surface area (Å²) in [5.74, 6) is 1.40.